The lowest BCUT2D eigenvalue weighted by molar-refractivity contribution is -0.122. The molecule has 1 aromatic rings. The molecule has 1 aliphatic rings. The largest absolute Gasteiger partial charge is 0.341 e. The molecule has 15 heavy (non-hydrogen) atoms. The summed E-state index contributed by atoms with van der Waals surface area (Å²) in [5, 5.41) is 3.65. The Kier molecular flexibility index (Phi) is 2.87. The van der Waals surface area contributed by atoms with Crippen LogP contribution in [0.1, 0.15) is 18.7 Å². The van der Waals surface area contributed by atoms with E-state index < -0.39 is 12.3 Å². The zero-order chi connectivity index (χ0) is 11.0. The number of nitrogens with one attached hydrogen (secondary N) is 1. The fourth-order valence-electron chi connectivity index (χ4n) is 1.45. The number of benzene rings is 1. The van der Waals surface area contributed by atoms with Gasteiger partial charge in [-0.25, -0.2) is 0 Å². The molecule has 1 amide bonds. The van der Waals surface area contributed by atoms with Gasteiger partial charge in [-0.1, -0.05) is 29.3 Å². The second-order valence-corrected chi connectivity index (χ2v) is 4.12. The van der Waals surface area contributed by atoms with Crippen molar-refractivity contribution < 1.29 is 9.53 Å². The van der Waals surface area contributed by atoms with Gasteiger partial charge in [-0.2, -0.15) is 0 Å². The summed E-state index contributed by atoms with van der Waals surface area (Å²) in [5.74, 6) is -0.156. The minimum atomic E-state index is -0.548. The Hall–Kier alpha value is -0.770. The molecule has 0 aromatic heterocycles. The molecule has 0 unspecified atom stereocenters. The van der Waals surface area contributed by atoms with E-state index in [9.17, 15) is 4.79 Å². The molecule has 5 heteroatoms. The van der Waals surface area contributed by atoms with E-state index in [1.165, 1.54) is 0 Å². The molecule has 0 aliphatic carbocycles. The van der Waals surface area contributed by atoms with Crippen LogP contribution in [0.3, 0.4) is 0 Å². The highest BCUT2D eigenvalue weighted by Gasteiger charge is 2.32. The lowest BCUT2D eigenvalue weighted by atomic mass is 10.2. The van der Waals surface area contributed by atoms with Crippen molar-refractivity contribution in [2.75, 3.05) is 0 Å². The van der Waals surface area contributed by atoms with Gasteiger partial charge in [0.05, 0.1) is 0 Å². The van der Waals surface area contributed by atoms with Gasteiger partial charge in [0.1, 0.15) is 6.10 Å². The third kappa shape index (κ3) is 1.95. The zero-order valence-corrected chi connectivity index (χ0v) is 9.47. The topological polar surface area (TPSA) is 38.3 Å². The molecule has 1 aromatic carbocycles. The molecule has 0 bridgehead atoms. The molecule has 0 radical (unpaired) electrons. The van der Waals surface area contributed by atoms with Crippen molar-refractivity contribution >= 4 is 29.1 Å². The smallest absolute Gasteiger partial charge is 0.251 e. The molecular weight excluding hydrogens is 237 g/mol. The number of carbonyl (C=O) groups is 1. The van der Waals surface area contributed by atoms with Crippen LogP contribution < -0.4 is 5.32 Å². The Morgan fingerprint density at radius 1 is 1.33 bits per heavy atom. The molecule has 1 aliphatic heterocycles. The van der Waals surface area contributed by atoms with E-state index in [2.05, 4.69) is 5.32 Å². The highest BCUT2D eigenvalue weighted by atomic mass is 35.5. The summed E-state index contributed by atoms with van der Waals surface area (Å²) < 4.78 is 5.39. The molecule has 3 nitrogen and oxygen atoms in total. The summed E-state index contributed by atoms with van der Waals surface area (Å²) >= 11 is 12.0. The molecular formula is C10H9Cl2NO2. The van der Waals surface area contributed by atoms with Gasteiger partial charge >= 0.3 is 0 Å². The summed E-state index contributed by atoms with van der Waals surface area (Å²) in [4.78, 5) is 11.3. The first-order chi connectivity index (χ1) is 7.09. The number of carbonyl (C=O) groups excluding carboxylic acids is 1. The van der Waals surface area contributed by atoms with Gasteiger partial charge in [-0.3, -0.25) is 4.79 Å². The van der Waals surface area contributed by atoms with Crippen molar-refractivity contribution in [3.05, 3.63) is 33.8 Å². The summed E-state index contributed by atoms with van der Waals surface area (Å²) in [7, 11) is 0. The second-order valence-electron chi connectivity index (χ2n) is 3.30. The number of hydrogen-bond donors (Lipinski definition) is 1. The van der Waals surface area contributed by atoms with Crippen LogP contribution in [0.15, 0.2) is 18.2 Å². The zero-order valence-electron chi connectivity index (χ0n) is 7.96. The van der Waals surface area contributed by atoms with Crippen molar-refractivity contribution in [2.24, 2.45) is 0 Å². The van der Waals surface area contributed by atoms with Crippen LogP contribution in [0, 0.1) is 0 Å². The summed E-state index contributed by atoms with van der Waals surface area (Å²) in [5.41, 5.74) is 0.610. The van der Waals surface area contributed by atoms with Crippen molar-refractivity contribution in [3.63, 3.8) is 0 Å². The first kappa shape index (κ1) is 10.7. The Bertz CT molecular complexity index is 388. The average Bonchev–Trinajstić information content (AvgIpc) is 2.46. The standard InChI is InChI=1S/C10H9Cl2NO2/c1-5-9(14)13-10(15-5)8-6(11)3-2-4-7(8)12/h2-5,10H,1H3,(H,13,14)/t5-,10+/m0/s1. The number of halogens is 2. The normalized spacial score (nSPS) is 25.4. The van der Waals surface area contributed by atoms with Crippen LogP contribution >= 0.6 is 23.2 Å². The van der Waals surface area contributed by atoms with Crippen molar-refractivity contribution in [1.29, 1.82) is 0 Å². The Morgan fingerprint density at radius 2 is 1.93 bits per heavy atom. The SMILES string of the molecule is C[C@@H]1O[C@H](c2c(Cl)cccc2Cl)NC1=O. The maximum atomic E-state index is 11.3. The molecule has 80 valence electrons. The van der Waals surface area contributed by atoms with Gasteiger partial charge in [0.25, 0.3) is 5.91 Å². The quantitative estimate of drug-likeness (QED) is 0.826. The number of ether oxygens (including phenoxy) is 1. The van der Waals surface area contributed by atoms with Gasteiger partial charge in [-0.15, -0.1) is 0 Å². The van der Waals surface area contributed by atoms with Gasteiger partial charge in [0.2, 0.25) is 0 Å². The highest BCUT2D eigenvalue weighted by Crippen LogP contribution is 2.33. The van der Waals surface area contributed by atoms with Crippen LogP contribution in [-0.4, -0.2) is 12.0 Å². The third-order valence-corrected chi connectivity index (χ3v) is 2.90. The van der Waals surface area contributed by atoms with E-state index in [4.69, 9.17) is 27.9 Å². The predicted octanol–water partition coefficient (Wildman–Crippen LogP) is 2.53. The minimum Gasteiger partial charge on any atom is -0.341 e. The minimum absolute atomic E-state index is 0.156. The number of hydrogen-bond acceptors (Lipinski definition) is 2. The lowest BCUT2D eigenvalue weighted by Crippen LogP contribution is -2.22. The lowest BCUT2D eigenvalue weighted by Gasteiger charge is -2.13. The number of amides is 1. The van der Waals surface area contributed by atoms with Gasteiger partial charge in [0.15, 0.2) is 6.23 Å². The average molecular weight is 246 g/mol. The third-order valence-electron chi connectivity index (χ3n) is 2.24. The molecule has 0 spiro atoms. The molecule has 1 N–H and O–H groups in total. The Morgan fingerprint density at radius 3 is 2.40 bits per heavy atom. The van der Waals surface area contributed by atoms with E-state index >= 15 is 0 Å². The molecule has 2 atom stereocenters. The van der Waals surface area contributed by atoms with Crippen LogP contribution in [0.4, 0.5) is 0 Å². The predicted molar refractivity (Wildman–Crippen MR) is 57.9 cm³/mol. The maximum absolute atomic E-state index is 11.3. The summed E-state index contributed by atoms with van der Waals surface area (Å²) in [6.07, 6.45) is -1.02. The first-order valence-electron chi connectivity index (χ1n) is 4.49. The van der Waals surface area contributed by atoms with Crippen molar-refractivity contribution in [3.8, 4) is 0 Å². The maximum Gasteiger partial charge on any atom is 0.251 e. The van der Waals surface area contributed by atoms with E-state index in [1.807, 2.05) is 0 Å². The molecule has 2 rings (SSSR count). The molecule has 1 fully saturated rings. The van der Waals surface area contributed by atoms with Crippen LogP contribution in [0.25, 0.3) is 0 Å². The Labute approximate surface area is 97.3 Å². The van der Waals surface area contributed by atoms with E-state index in [-0.39, 0.29) is 5.91 Å². The van der Waals surface area contributed by atoms with Crippen LogP contribution in [0.5, 0.6) is 0 Å². The fraction of sp³-hybridized carbons (Fsp3) is 0.300. The fourth-order valence-corrected chi connectivity index (χ4v) is 2.04. The van der Waals surface area contributed by atoms with Crippen LogP contribution in [0.2, 0.25) is 10.0 Å². The molecule has 0 saturated carbocycles. The summed E-state index contributed by atoms with van der Waals surface area (Å²) in [6.45, 7) is 1.68. The first-order valence-corrected chi connectivity index (χ1v) is 5.25. The van der Waals surface area contributed by atoms with Gasteiger partial charge < -0.3 is 10.1 Å². The highest BCUT2D eigenvalue weighted by molar-refractivity contribution is 6.36. The van der Waals surface area contributed by atoms with Crippen molar-refractivity contribution in [2.45, 2.75) is 19.3 Å². The summed E-state index contributed by atoms with van der Waals surface area (Å²) in [6, 6.07) is 5.16. The molecule has 1 heterocycles. The van der Waals surface area contributed by atoms with E-state index in [0.29, 0.717) is 15.6 Å². The monoisotopic (exact) mass is 245 g/mol. The van der Waals surface area contributed by atoms with Gasteiger partial charge in [-0.05, 0) is 19.1 Å². The van der Waals surface area contributed by atoms with Gasteiger partial charge in [0, 0.05) is 15.6 Å². The molecule has 1 saturated heterocycles. The number of rotatable bonds is 1. The van der Waals surface area contributed by atoms with E-state index in [1.54, 1.807) is 25.1 Å². The van der Waals surface area contributed by atoms with Crippen molar-refractivity contribution in [1.82, 2.24) is 5.32 Å². The van der Waals surface area contributed by atoms with E-state index in [0.717, 1.165) is 0 Å². The Balaban J connectivity index is 2.35. The second kappa shape index (κ2) is 4.00. The van der Waals surface area contributed by atoms with Crippen LogP contribution in [-0.2, 0) is 9.53 Å².